The van der Waals surface area contributed by atoms with Gasteiger partial charge in [0.2, 0.25) is 5.78 Å². The van der Waals surface area contributed by atoms with Crippen molar-refractivity contribution < 1.29 is 14.3 Å². The molecule has 0 N–H and O–H groups in total. The van der Waals surface area contributed by atoms with Crippen molar-refractivity contribution in [3.63, 3.8) is 0 Å². The van der Waals surface area contributed by atoms with E-state index in [9.17, 15) is 9.59 Å². The van der Waals surface area contributed by atoms with Gasteiger partial charge in [0.1, 0.15) is 0 Å². The second-order valence-electron chi connectivity index (χ2n) is 4.99. The van der Waals surface area contributed by atoms with Crippen LogP contribution in [0.5, 0.6) is 0 Å². The number of ketones is 1. The standard InChI is InChI=1S/C18H14BrNO3/c1-2-23-18(22)13-10-15-7-4-8-20(15)16(11-13)17(21)12-5-3-6-14(19)9-12/h3-11H,2H2,1H3. The zero-order chi connectivity index (χ0) is 16.4. The van der Waals surface area contributed by atoms with Crippen LogP contribution in [0.25, 0.3) is 5.52 Å². The third-order valence-corrected chi connectivity index (χ3v) is 3.96. The summed E-state index contributed by atoms with van der Waals surface area (Å²) in [6, 6.07) is 14.1. The number of fused-ring (bicyclic) bond motifs is 1. The Morgan fingerprint density at radius 3 is 2.65 bits per heavy atom. The van der Waals surface area contributed by atoms with Gasteiger partial charge in [-0.25, -0.2) is 4.79 Å². The van der Waals surface area contributed by atoms with E-state index in [1.165, 1.54) is 0 Å². The molecule has 0 saturated carbocycles. The summed E-state index contributed by atoms with van der Waals surface area (Å²) in [5, 5.41) is 0. The van der Waals surface area contributed by atoms with Crippen LogP contribution in [-0.4, -0.2) is 22.8 Å². The van der Waals surface area contributed by atoms with Crippen LogP contribution in [0.1, 0.15) is 33.3 Å². The smallest absolute Gasteiger partial charge is 0.338 e. The summed E-state index contributed by atoms with van der Waals surface area (Å²) >= 11 is 3.37. The summed E-state index contributed by atoms with van der Waals surface area (Å²) in [5.74, 6) is -0.585. The number of esters is 1. The maximum Gasteiger partial charge on any atom is 0.338 e. The highest BCUT2D eigenvalue weighted by Crippen LogP contribution is 2.19. The van der Waals surface area contributed by atoms with Gasteiger partial charge in [-0.05, 0) is 43.3 Å². The van der Waals surface area contributed by atoms with Crippen molar-refractivity contribution in [3.05, 3.63) is 76.0 Å². The molecule has 1 aromatic carbocycles. The number of ether oxygens (including phenoxy) is 1. The minimum Gasteiger partial charge on any atom is -0.462 e. The van der Waals surface area contributed by atoms with Crippen LogP contribution in [0.3, 0.4) is 0 Å². The number of carbonyl (C=O) groups excluding carboxylic acids is 2. The highest BCUT2D eigenvalue weighted by molar-refractivity contribution is 9.10. The Kier molecular flexibility index (Phi) is 4.30. The Balaban J connectivity index is 2.13. The summed E-state index contributed by atoms with van der Waals surface area (Å²) in [7, 11) is 0. The van der Waals surface area contributed by atoms with Gasteiger partial charge in [-0.15, -0.1) is 0 Å². The Labute approximate surface area is 141 Å². The Hall–Kier alpha value is -2.40. The number of pyridine rings is 1. The molecule has 3 rings (SSSR count). The molecule has 0 atom stereocenters. The molecule has 0 bridgehead atoms. The predicted molar refractivity (Wildman–Crippen MR) is 90.9 cm³/mol. The first-order chi connectivity index (χ1) is 11.1. The molecule has 0 amide bonds. The maximum atomic E-state index is 12.8. The van der Waals surface area contributed by atoms with Crippen LogP contribution in [0.2, 0.25) is 0 Å². The Morgan fingerprint density at radius 1 is 1.09 bits per heavy atom. The van der Waals surface area contributed by atoms with Crippen LogP contribution in [0, 0.1) is 0 Å². The summed E-state index contributed by atoms with van der Waals surface area (Å²) < 4.78 is 7.64. The fourth-order valence-corrected chi connectivity index (χ4v) is 2.83. The SMILES string of the molecule is CCOC(=O)c1cc(C(=O)c2cccc(Br)c2)n2cccc2c1. The average Bonchev–Trinajstić information content (AvgIpc) is 3.02. The van der Waals surface area contributed by atoms with E-state index in [4.69, 9.17) is 4.74 Å². The van der Waals surface area contributed by atoms with E-state index >= 15 is 0 Å². The molecule has 0 unspecified atom stereocenters. The van der Waals surface area contributed by atoms with E-state index in [1.807, 2.05) is 18.2 Å². The minimum absolute atomic E-state index is 0.154. The molecular weight excluding hydrogens is 358 g/mol. The monoisotopic (exact) mass is 371 g/mol. The van der Waals surface area contributed by atoms with E-state index < -0.39 is 5.97 Å². The van der Waals surface area contributed by atoms with Gasteiger partial charge in [0, 0.05) is 21.7 Å². The molecule has 0 saturated heterocycles. The van der Waals surface area contributed by atoms with Gasteiger partial charge < -0.3 is 9.14 Å². The summed E-state index contributed by atoms with van der Waals surface area (Å²) in [5.41, 5.74) is 2.12. The normalized spacial score (nSPS) is 10.7. The van der Waals surface area contributed by atoms with Crippen LogP contribution < -0.4 is 0 Å². The van der Waals surface area contributed by atoms with E-state index in [0.717, 1.165) is 9.99 Å². The number of hydrogen-bond donors (Lipinski definition) is 0. The van der Waals surface area contributed by atoms with Crippen LogP contribution in [0.15, 0.2) is 59.2 Å². The lowest BCUT2D eigenvalue weighted by Gasteiger charge is -2.09. The highest BCUT2D eigenvalue weighted by Gasteiger charge is 2.17. The lowest BCUT2D eigenvalue weighted by Crippen LogP contribution is -2.11. The van der Waals surface area contributed by atoms with Crippen LogP contribution in [-0.2, 0) is 4.74 Å². The quantitative estimate of drug-likeness (QED) is 0.512. The van der Waals surface area contributed by atoms with Gasteiger partial charge in [-0.3, -0.25) is 4.79 Å². The van der Waals surface area contributed by atoms with Gasteiger partial charge in [0.05, 0.1) is 17.9 Å². The van der Waals surface area contributed by atoms with Crippen LogP contribution in [0.4, 0.5) is 0 Å². The lowest BCUT2D eigenvalue weighted by atomic mass is 10.1. The number of hydrogen-bond acceptors (Lipinski definition) is 3. The zero-order valence-corrected chi connectivity index (χ0v) is 14.0. The van der Waals surface area contributed by atoms with Crippen molar-refractivity contribution in [2.75, 3.05) is 6.61 Å². The van der Waals surface area contributed by atoms with Crippen LogP contribution >= 0.6 is 15.9 Å². The number of halogens is 1. The molecule has 0 spiro atoms. The third kappa shape index (κ3) is 3.05. The molecule has 116 valence electrons. The van der Waals surface area contributed by atoms with Crippen molar-refractivity contribution in [1.82, 2.24) is 4.40 Å². The Bertz CT molecular complexity index is 898. The summed E-state index contributed by atoms with van der Waals surface area (Å²) in [6.07, 6.45) is 1.80. The number of aromatic nitrogens is 1. The van der Waals surface area contributed by atoms with Crippen molar-refractivity contribution >= 4 is 33.2 Å². The lowest BCUT2D eigenvalue weighted by molar-refractivity contribution is 0.0526. The molecule has 0 aliphatic heterocycles. The fourth-order valence-electron chi connectivity index (χ4n) is 2.43. The molecule has 2 aromatic heterocycles. The Morgan fingerprint density at radius 2 is 1.91 bits per heavy atom. The maximum absolute atomic E-state index is 12.8. The van der Waals surface area contributed by atoms with E-state index in [1.54, 1.807) is 47.9 Å². The fraction of sp³-hybridized carbons (Fsp3) is 0.111. The van der Waals surface area contributed by atoms with Crippen molar-refractivity contribution in [1.29, 1.82) is 0 Å². The van der Waals surface area contributed by atoms with Gasteiger partial charge in [0.15, 0.2) is 0 Å². The van der Waals surface area contributed by atoms with Gasteiger partial charge in [0.25, 0.3) is 0 Å². The van der Waals surface area contributed by atoms with Crippen molar-refractivity contribution in [3.8, 4) is 0 Å². The molecule has 23 heavy (non-hydrogen) atoms. The molecule has 3 aromatic rings. The van der Waals surface area contributed by atoms with Gasteiger partial charge in [-0.1, -0.05) is 28.1 Å². The summed E-state index contributed by atoms with van der Waals surface area (Å²) in [4.78, 5) is 24.9. The molecule has 4 nitrogen and oxygen atoms in total. The number of benzene rings is 1. The van der Waals surface area contributed by atoms with Crippen molar-refractivity contribution in [2.24, 2.45) is 0 Å². The van der Waals surface area contributed by atoms with Gasteiger partial charge in [-0.2, -0.15) is 0 Å². The minimum atomic E-state index is -0.431. The molecule has 5 heteroatoms. The van der Waals surface area contributed by atoms with Crippen molar-refractivity contribution in [2.45, 2.75) is 6.92 Å². The zero-order valence-electron chi connectivity index (χ0n) is 12.5. The molecule has 0 aliphatic carbocycles. The first-order valence-electron chi connectivity index (χ1n) is 7.18. The average molecular weight is 372 g/mol. The molecular formula is C18H14BrNO3. The van der Waals surface area contributed by atoms with E-state index in [-0.39, 0.29) is 5.78 Å². The molecule has 0 aliphatic rings. The molecule has 0 radical (unpaired) electrons. The van der Waals surface area contributed by atoms with Gasteiger partial charge >= 0.3 is 5.97 Å². The second-order valence-corrected chi connectivity index (χ2v) is 5.91. The molecule has 2 heterocycles. The first-order valence-corrected chi connectivity index (χ1v) is 7.98. The van der Waals surface area contributed by atoms with E-state index in [0.29, 0.717) is 23.4 Å². The number of carbonyl (C=O) groups is 2. The first kappa shape index (κ1) is 15.5. The number of nitrogens with zero attached hydrogens (tertiary/aromatic N) is 1. The third-order valence-electron chi connectivity index (χ3n) is 3.47. The topological polar surface area (TPSA) is 47.8 Å². The summed E-state index contributed by atoms with van der Waals surface area (Å²) in [6.45, 7) is 2.04. The second kappa shape index (κ2) is 6.38. The predicted octanol–water partition coefficient (Wildman–Crippen LogP) is 4.11. The van der Waals surface area contributed by atoms with E-state index in [2.05, 4.69) is 15.9 Å². The number of rotatable bonds is 4. The molecule has 0 fully saturated rings. The highest BCUT2D eigenvalue weighted by atomic mass is 79.9. The largest absolute Gasteiger partial charge is 0.462 e.